The second-order valence-corrected chi connectivity index (χ2v) is 11.7. The van der Waals surface area contributed by atoms with Gasteiger partial charge in [-0.05, 0) is 59.7 Å². The first-order valence-corrected chi connectivity index (χ1v) is 14.9. The molecule has 0 radical (unpaired) electrons. The summed E-state index contributed by atoms with van der Waals surface area (Å²) < 4.78 is 4.22. The molecule has 6 aromatic rings. The van der Waals surface area contributed by atoms with Gasteiger partial charge in [-0.3, -0.25) is 9.36 Å². The molecule has 3 heterocycles. The lowest BCUT2D eigenvalue weighted by Crippen LogP contribution is -2.36. The van der Waals surface area contributed by atoms with Crippen molar-refractivity contribution < 1.29 is 0 Å². The van der Waals surface area contributed by atoms with Crippen molar-refractivity contribution >= 4 is 46.3 Å². The Bertz CT molecular complexity index is 2110. The number of thiazole rings is 1. The number of allylic oxidation sites excluding steroid dienone is 1. The smallest absolute Gasteiger partial charge is 0.271 e. The van der Waals surface area contributed by atoms with Gasteiger partial charge in [-0.1, -0.05) is 107 Å². The highest BCUT2D eigenvalue weighted by Gasteiger charge is 2.27. The highest BCUT2D eigenvalue weighted by molar-refractivity contribution is 7.07. The zero-order valence-electron chi connectivity index (χ0n) is 22.1. The molecule has 0 saturated heterocycles. The number of aromatic nitrogens is 3. The Balaban J connectivity index is 1.48. The predicted molar refractivity (Wildman–Crippen MR) is 171 cm³/mol. The fourth-order valence-corrected chi connectivity index (χ4v) is 6.30. The van der Waals surface area contributed by atoms with E-state index < -0.39 is 6.04 Å². The summed E-state index contributed by atoms with van der Waals surface area (Å²) in [6.45, 7) is 0. The number of hydrogen-bond donors (Lipinski definition) is 0. The zero-order chi connectivity index (χ0) is 28.6. The quantitative estimate of drug-likeness (QED) is 0.209. The van der Waals surface area contributed by atoms with Gasteiger partial charge in [0, 0.05) is 27.4 Å². The molecule has 42 heavy (non-hydrogen) atoms. The van der Waals surface area contributed by atoms with Crippen molar-refractivity contribution in [2.24, 2.45) is 4.99 Å². The Morgan fingerprint density at radius 2 is 1.40 bits per heavy atom. The van der Waals surface area contributed by atoms with Gasteiger partial charge in [0.15, 0.2) is 4.80 Å². The maximum Gasteiger partial charge on any atom is 0.271 e. The largest absolute Gasteiger partial charge is 0.272 e. The highest BCUT2D eigenvalue weighted by atomic mass is 35.5. The van der Waals surface area contributed by atoms with Gasteiger partial charge in [0.25, 0.3) is 5.56 Å². The third-order valence-electron chi connectivity index (χ3n) is 7.08. The average molecular weight is 606 g/mol. The van der Waals surface area contributed by atoms with Gasteiger partial charge < -0.3 is 0 Å². The second kappa shape index (κ2) is 11.1. The first kappa shape index (κ1) is 26.4. The summed E-state index contributed by atoms with van der Waals surface area (Å²) in [7, 11) is 0. The predicted octanol–water partition coefficient (Wildman–Crippen LogP) is 7.16. The minimum Gasteiger partial charge on any atom is -0.272 e. The molecule has 204 valence electrons. The Morgan fingerprint density at radius 3 is 2.10 bits per heavy atom. The van der Waals surface area contributed by atoms with Crippen LogP contribution in [-0.4, -0.2) is 14.3 Å². The number of hydrogen-bond acceptors (Lipinski definition) is 4. The fourth-order valence-electron chi connectivity index (χ4n) is 5.03. The molecule has 2 aromatic heterocycles. The van der Waals surface area contributed by atoms with Crippen LogP contribution in [0.4, 0.5) is 0 Å². The van der Waals surface area contributed by atoms with Crippen LogP contribution in [0.2, 0.25) is 10.0 Å². The number of nitrogens with zero attached hydrogens (tertiary/aromatic N) is 4. The van der Waals surface area contributed by atoms with Gasteiger partial charge in [0.2, 0.25) is 0 Å². The molecule has 1 aliphatic rings. The van der Waals surface area contributed by atoms with E-state index in [1.54, 1.807) is 4.57 Å². The van der Waals surface area contributed by atoms with E-state index >= 15 is 0 Å². The number of benzene rings is 4. The molecule has 0 aliphatic carbocycles. The van der Waals surface area contributed by atoms with E-state index in [1.807, 2.05) is 132 Å². The number of para-hydroxylation sites is 1. The molecule has 0 N–H and O–H groups in total. The van der Waals surface area contributed by atoms with E-state index in [-0.39, 0.29) is 5.56 Å². The third kappa shape index (κ3) is 5.05. The zero-order valence-corrected chi connectivity index (χ0v) is 24.4. The van der Waals surface area contributed by atoms with Crippen LogP contribution in [0, 0.1) is 0 Å². The van der Waals surface area contributed by atoms with E-state index in [2.05, 4.69) is 0 Å². The van der Waals surface area contributed by atoms with Crippen LogP contribution in [0.5, 0.6) is 0 Å². The van der Waals surface area contributed by atoms with Crippen LogP contribution >= 0.6 is 34.5 Å². The van der Waals surface area contributed by atoms with Crippen LogP contribution in [0.25, 0.3) is 28.7 Å². The molecule has 0 fully saturated rings. The summed E-state index contributed by atoms with van der Waals surface area (Å²) in [5.74, 6) is 0. The van der Waals surface area contributed by atoms with Gasteiger partial charge in [0.1, 0.15) is 0 Å². The maximum atomic E-state index is 14.1. The van der Waals surface area contributed by atoms with Crippen molar-refractivity contribution in [3.63, 3.8) is 0 Å². The molecule has 0 saturated carbocycles. The van der Waals surface area contributed by atoms with Crippen LogP contribution in [0.1, 0.15) is 22.7 Å². The number of fused-ring (bicyclic) bond motifs is 1. The molecule has 1 aliphatic heterocycles. The molecule has 0 amide bonds. The lowest BCUT2D eigenvalue weighted by atomic mass is 9.99. The number of halogens is 2. The minimum atomic E-state index is -0.452. The SMILES string of the molecule is O=c1/c(=C/c2ccc(Cl)cc2)sc2n1[C@@H](c1cn(-c3ccccc3)nc1-c1ccc(Cl)cc1)C=C(c1ccccc1)N=2. The van der Waals surface area contributed by atoms with Crippen molar-refractivity contribution in [1.29, 1.82) is 0 Å². The lowest BCUT2D eigenvalue weighted by Gasteiger charge is -2.19. The van der Waals surface area contributed by atoms with E-state index in [0.717, 1.165) is 39.3 Å². The molecule has 0 spiro atoms. The van der Waals surface area contributed by atoms with Crippen molar-refractivity contribution in [1.82, 2.24) is 14.3 Å². The molecular weight excluding hydrogens is 583 g/mol. The van der Waals surface area contributed by atoms with Gasteiger partial charge >= 0.3 is 0 Å². The highest BCUT2D eigenvalue weighted by Crippen LogP contribution is 2.34. The third-order valence-corrected chi connectivity index (χ3v) is 8.57. The van der Waals surface area contributed by atoms with Crippen LogP contribution < -0.4 is 14.9 Å². The molecule has 5 nitrogen and oxygen atoms in total. The fraction of sp³-hybridized carbons (Fsp3) is 0.0294. The topological polar surface area (TPSA) is 52.2 Å². The van der Waals surface area contributed by atoms with Gasteiger partial charge in [-0.15, -0.1) is 0 Å². The van der Waals surface area contributed by atoms with Gasteiger partial charge in [-0.2, -0.15) is 5.10 Å². The Hall–Kier alpha value is -4.49. The first-order valence-electron chi connectivity index (χ1n) is 13.3. The molecule has 7 rings (SSSR count). The molecule has 4 aromatic carbocycles. The molecule has 0 bridgehead atoms. The summed E-state index contributed by atoms with van der Waals surface area (Å²) >= 11 is 13.7. The second-order valence-electron chi connectivity index (χ2n) is 9.81. The number of rotatable bonds is 5. The van der Waals surface area contributed by atoms with Crippen molar-refractivity contribution in [2.45, 2.75) is 6.04 Å². The summed E-state index contributed by atoms with van der Waals surface area (Å²) in [5, 5.41) is 6.31. The minimum absolute atomic E-state index is 0.114. The summed E-state index contributed by atoms with van der Waals surface area (Å²) in [4.78, 5) is 19.7. The average Bonchev–Trinajstić information content (AvgIpc) is 3.61. The van der Waals surface area contributed by atoms with Crippen LogP contribution in [0.15, 0.2) is 131 Å². The first-order chi connectivity index (χ1) is 20.5. The normalized spacial score (nSPS) is 14.8. The van der Waals surface area contributed by atoms with E-state index in [4.69, 9.17) is 33.3 Å². The van der Waals surface area contributed by atoms with Crippen molar-refractivity contribution in [2.75, 3.05) is 0 Å². The standard InChI is InChI=1S/C34H22Cl2N4OS/c35-25-15-11-22(12-16-25)19-31-33(41)40-30(20-29(37-34(40)42-31)23-7-3-1-4-8-23)28-21-39(27-9-5-2-6-10-27)38-32(28)24-13-17-26(36)18-14-24/h1-21,30H/b31-19-/t30-/m1/s1. The Kier molecular flexibility index (Phi) is 6.96. The molecular formula is C34H22Cl2N4OS. The summed E-state index contributed by atoms with van der Waals surface area (Å²) in [6, 6.07) is 34.5. The Labute approximate surface area is 255 Å². The van der Waals surface area contributed by atoms with Crippen LogP contribution in [0.3, 0.4) is 0 Å². The van der Waals surface area contributed by atoms with Crippen LogP contribution in [-0.2, 0) is 0 Å². The lowest BCUT2D eigenvalue weighted by molar-refractivity contribution is 0.645. The molecule has 8 heteroatoms. The van der Waals surface area contributed by atoms with E-state index in [0.29, 0.717) is 19.4 Å². The maximum absolute atomic E-state index is 14.1. The summed E-state index contributed by atoms with van der Waals surface area (Å²) in [5.41, 5.74) is 6.01. The van der Waals surface area contributed by atoms with Gasteiger partial charge in [-0.25, -0.2) is 9.67 Å². The summed E-state index contributed by atoms with van der Waals surface area (Å²) in [6.07, 6.45) is 5.94. The Morgan fingerprint density at radius 1 is 0.762 bits per heavy atom. The van der Waals surface area contributed by atoms with E-state index in [9.17, 15) is 4.79 Å². The van der Waals surface area contributed by atoms with Gasteiger partial charge in [0.05, 0.1) is 27.7 Å². The molecule has 0 unspecified atom stereocenters. The molecule has 1 atom stereocenters. The van der Waals surface area contributed by atoms with E-state index in [1.165, 1.54) is 11.3 Å². The van der Waals surface area contributed by atoms with Crippen molar-refractivity contribution in [3.05, 3.63) is 168 Å². The monoisotopic (exact) mass is 604 g/mol. The van der Waals surface area contributed by atoms with Crippen molar-refractivity contribution in [3.8, 4) is 16.9 Å².